The van der Waals surface area contributed by atoms with E-state index >= 15 is 0 Å². The number of carbonyl (C=O) groups excluding carboxylic acids is 3. The predicted molar refractivity (Wildman–Crippen MR) is 173 cm³/mol. The van der Waals surface area contributed by atoms with Crippen LogP contribution in [0.3, 0.4) is 0 Å². The Morgan fingerprint density at radius 2 is 1.59 bits per heavy atom. The summed E-state index contributed by atoms with van der Waals surface area (Å²) in [4.78, 5) is 44.0. The molecule has 2 heterocycles. The summed E-state index contributed by atoms with van der Waals surface area (Å²) in [7, 11) is 0. The fourth-order valence-electron chi connectivity index (χ4n) is 5.48. The molecular formula is C36H35F3N4O6. The number of hydrogen-bond donors (Lipinski definition) is 3. The maximum Gasteiger partial charge on any atom is 0.416 e. The van der Waals surface area contributed by atoms with Crippen molar-refractivity contribution in [3.05, 3.63) is 132 Å². The first-order chi connectivity index (χ1) is 23.5. The van der Waals surface area contributed by atoms with Crippen LogP contribution in [0.1, 0.15) is 28.7 Å². The number of rotatable bonds is 13. The van der Waals surface area contributed by atoms with Crippen molar-refractivity contribution in [3.8, 4) is 0 Å². The van der Waals surface area contributed by atoms with Crippen LogP contribution in [-0.4, -0.2) is 59.0 Å². The lowest BCUT2D eigenvalue weighted by molar-refractivity contribution is -0.137. The van der Waals surface area contributed by atoms with E-state index in [9.17, 15) is 32.7 Å². The van der Waals surface area contributed by atoms with E-state index in [2.05, 4.69) is 15.6 Å². The van der Waals surface area contributed by atoms with E-state index in [0.29, 0.717) is 5.56 Å². The third kappa shape index (κ3) is 10.0. The summed E-state index contributed by atoms with van der Waals surface area (Å²) in [6.45, 7) is -0.342. The molecule has 0 saturated carbocycles. The fraction of sp³-hybridized carbons (Fsp3) is 0.278. The van der Waals surface area contributed by atoms with Crippen molar-refractivity contribution in [2.45, 2.75) is 56.3 Å². The minimum atomic E-state index is -4.62. The smallest absolute Gasteiger partial charge is 0.416 e. The van der Waals surface area contributed by atoms with Gasteiger partial charge in [0.25, 0.3) is 5.91 Å². The molecule has 0 spiro atoms. The van der Waals surface area contributed by atoms with E-state index in [-0.39, 0.29) is 38.1 Å². The van der Waals surface area contributed by atoms with Gasteiger partial charge in [-0.05, 0) is 54.7 Å². The second-order valence-electron chi connectivity index (χ2n) is 11.6. The molecule has 0 radical (unpaired) electrons. The average Bonchev–Trinajstić information content (AvgIpc) is 3.49. The zero-order chi connectivity index (χ0) is 34.8. The highest BCUT2D eigenvalue weighted by Crippen LogP contribution is 2.33. The molecule has 13 heteroatoms. The number of ether oxygens (including phenoxy) is 2. The molecule has 5 rings (SSSR count). The van der Waals surface area contributed by atoms with Crippen molar-refractivity contribution in [2.24, 2.45) is 0 Å². The number of nitrogens with zero attached hydrogens (tertiary/aromatic N) is 2. The molecule has 1 aliphatic rings. The number of pyridine rings is 1. The molecule has 4 aromatic rings. The molecule has 4 atom stereocenters. The first kappa shape index (κ1) is 34.9. The van der Waals surface area contributed by atoms with Gasteiger partial charge >= 0.3 is 18.4 Å². The Balaban J connectivity index is 1.29. The Kier molecular flexibility index (Phi) is 11.5. The van der Waals surface area contributed by atoms with Crippen molar-refractivity contribution < 1.29 is 42.1 Å². The standard InChI is InChI=1S/C36H35F3N4O6/c37-36(38,39)27-14-7-15-29(19-27)43-22-32(49-35(43)47)33(45)41-28(17-24-9-3-1-4-10-24)20-31(44)30(18-25-11-5-2-6-12-25)42-34(46)48-23-26-13-8-16-40-21-26/h1-16,19,21,28,30-32,44H,17-18,20,22-23H2,(H,41,45)(H,42,46)/t28-,30?,31-,32?/m0/s1. The van der Waals surface area contributed by atoms with Crippen molar-refractivity contribution in [1.29, 1.82) is 0 Å². The summed E-state index contributed by atoms with van der Waals surface area (Å²) in [6, 6.07) is 24.6. The van der Waals surface area contributed by atoms with Crippen LogP contribution >= 0.6 is 0 Å². The lowest BCUT2D eigenvalue weighted by Gasteiger charge is -2.28. The summed E-state index contributed by atoms with van der Waals surface area (Å²) in [5, 5.41) is 17.1. The van der Waals surface area contributed by atoms with Gasteiger partial charge in [0.1, 0.15) is 6.61 Å². The Morgan fingerprint density at radius 1 is 0.918 bits per heavy atom. The molecule has 1 aliphatic heterocycles. The minimum Gasteiger partial charge on any atom is -0.445 e. The minimum absolute atomic E-state index is 0.0149. The Bertz CT molecular complexity index is 1700. The summed E-state index contributed by atoms with van der Waals surface area (Å²) in [5.74, 6) is -0.681. The third-order valence-corrected chi connectivity index (χ3v) is 7.95. The first-order valence-corrected chi connectivity index (χ1v) is 15.6. The number of alkyl halides is 3. The molecule has 256 valence electrons. The fourth-order valence-corrected chi connectivity index (χ4v) is 5.48. The first-order valence-electron chi connectivity index (χ1n) is 15.6. The van der Waals surface area contributed by atoms with E-state index in [1.807, 2.05) is 60.7 Å². The molecule has 0 aliphatic carbocycles. The molecule has 1 saturated heterocycles. The number of aliphatic hydroxyl groups excluding tert-OH is 1. The molecule has 2 unspecified atom stereocenters. The van der Waals surface area contributed by atoms with E-state index < -0.39 is 54.1 Å². The van der Waals surface area contributed by atoms with Gasteiger partial charge in [0.2, 0.25) is 0 Å². The van der Waals surface area contributed by atoms with Crippen LogP contribution < -0.4 is 15.5 Å². The third-order valence-electron chi connectivity index (χ3n) is 7.95. The van der Waals surface area contributed by atoms with Crippen LogP contribution in [0.25, 0.3) is 0 Å². The van der Waals surface area contributed by atoms with E-state index in [4.69, 9.17) is 9.47 Å². The second kappa shape index (κ2) is 16.1. The number of alkyl carbamates (subject to hydrolysis) is 1. The molecule has 3 amide bonds. The lowest BCUT2D eigenvalue weighted by Crippen LogP contribution is -2.50. The molecule has 3 aromatic carbocycles. The zero-order valence-electron chi connectivity index (χ0n) is 26.3. The predicted octanol–water partition coefficient (Wildman–Crippen LogP) is 5.44. The maximum absolute atomic E-state index is 13.5. The van der Waals surface area contributed by atoms with Crippen molar-refractivity contribution in [2.75, 3.05) is 11.4 Å². The number of hydrogen-bond acceptors (Lipinski definition) is 7. The number of aromatic nitrogens is 1. The number of carbonyl (C=O) groups is 3. The summed E-state index contributed by atoms with van der Waals surface area (Å²) >= 11 is 0. The number of cyclic esters (lactones) is 1. The van der Waals surface area contributed by atoms with Crippen LogP contribution in [0, 0.1) is 0 Å². The number of amides is 3. The second-order valence-corrected chi connectivity index (χ2v) is 11.6. The van der Waals surface area contributed by atoms with Gasteiger partial charge in [0.05, 0.1) is 24.3 Å². The highest BCUT2D eigenvalue weighted by molar-refractivity contribution is 5.95. The number of nitrogens with one attached hydrogen (secondary N) is 2. The highest BCUT2D eigenvalue weighted by atomic mass is 19.4. The number of halogens is 3. The summed E-state index contributed by atoms with van der Waals surface area (Å²) in [5.41, 5.74) is 1.37. The van der Waals surface area contributed by atoms with Crippen molar-refractivity contribution >= 4 is 23.8 Å². The largest absolute Gasteiger partial charge is 0.445 e. The van der Waals surface area contributed by atoms with Crippen LogP contribution in [0.2, 0.25) is 0 Å². The molecule has 3 N–H and O–H groups in total. The zero-order valence-corrected chi connectivity index (χ0v) is 26.3. The number of aliphatic hydroxyl groups is 1. The van der Waals surface area contributed by atoms with Gasteiger partial charge in [-0.25, -0.2) is 9.59 Å². The van der Waals surface area contributed by atoms with Gasteiger partial charge in [0.15, 0.2) is 6.10 Å². The molecule has 1 aromatic heterocycles. The molecule has 10 nitrogen and oxygen atoms in total. The quantitative estimate of drug-likeness (QED) is 0.172. The van der Waals surface area contributed by atoms with Gasteiger partial charge in [0, 0.05) is 29.7 Å². The van der Waals surface area contributed by atoms with Gasteiger partial charge in [-0.15, -0.1) is 0 Å². The van der Waals surface area contributed by atoms with Crippen LogP contribution in [0.5, 0.6) is 0 Å². The van der Waals surface area contributed by atoms with Gasteiger partial charge in [-0.2, -0.15) is 13.2 Å². The Morgan fingerprint density at radius 3 is 2.24 bits per heavy atom. The summed E-state index contributed by atoms with van der Waals surface area (Å²) < 4.78 is 50.5. The monoisotopic (exact) mass is 676 g/mol. The SMILES string of the molecule is O=C(NC(Cc1ccccc1)[C@@H](O)C[C@H](Cc1ccccc1)NC(=O)C1CN(c2cccc(C(F)(F)F)c2)C(=O)O1)OCc1cccnc1. The van der Waals surface area contributed by atoms with Gasteiger partial charge < -0.3 is 25.2 Å². The molecule has 1 fully saturated rings. The summed E-state index contributed by atoms with van der Waals surface area (Å²) in [6.07, 6.45) is -5.13. The normalized spacial score (nSPS) is 16.3. The lowest BCUT2D eigenvalue weighted by atomic mass is 9.93. The molecule has 49 heavy (non-hydrogen) atoms. The topological polar surface area (TPSA) is 130 Å². The number of benzene rings is 3. The van der Waals surface area contributed by atoms with E-state index in [1.165, 1.54) is 12.1 Å². The van der Waals surface area contributed by atoms with Gasteiger partial charge in [-0.1, -0.05) is 72.8 Å². The molecular weight excluding hydrogens is 641 g/mol. The van der Waals surface area contributed by atoms with Crippen molar-refractivity contribution in [3.63, 3.8) is 0 Å². The Labute approximate surface area is 280 Å². The molecule has 0 bridgehead atoms. The van der Waals surface area contributed by atoms with E-state index in [0.717, 1.165) is 28.2 Å². The highest BCUT2D eigenvalue weighted by Gasteiger charge is 2.39. The van der Waals surface area contributed by atoms with Gasteiger partial charge in [-0.3, -0.25) is 14.7 Å². The van der Waals surface area contributed by atoms with Crippen LogP contribution in [-0.2, 0) is 39.9 Å². The van der Waals surface area contributed by atoms with Crippen LogP contribution in [0.15, 0.2) is 109 Å². The van der Waals surface area contributed by atoms with Crippen LogP contribution in [0.4, 0.5) is 28.4 Å². The maximum atomic E-state index is 13.5. The average molecular weight is 677 g/mol. The van der Waals surface area contributed by atoms with E-state index in [1.54, 1.807) is 24.5 Å². The van der Waals surface area contributed by atoms with Crippen molar-refractivity contribution in [1.82, 2.24) is 15.6 Å². The Hall–Kier alpha value is -5.43. The number of anilines is 1.